The molecule has 0 rings (SSSR count). The van der Waals surface area contributed by atoms with Crippen LogP contribution >= 0.6 is 7.82 Å². The summed E-state index contributed by atoms with van der Waals surface area (Å²) in [6, 6.07) is -0.848. The number of likely N-dealkylation sites (N-methyl/N-ethyl adjacent to an activating group) is 1. The molecule has 0 radical (unpaired) electrons. The summed E-state index contributed by atoms with van der Waals surface area (Å²) in [6.45, 7) is 7.05. The minimum atomic E-state index is -4.45. The lowest BCUT2D eigenvalue weighted by Gasteiger charge is -2.27. The molecule has 0 aromatic carbocycles. The van der Waals surface area contributed by atoms with E-state index in [9.17, 15) is 19.0 Å². The highest BCUT2D eigenvalue weighted by Gasteiger charge is 2.30. The molecular formula is C79H152N2O7P+. The lowest BCUT2D eigenvalue weighted by atomic mass is 10.0. The van der Waals surface area contributed by atoms with E-state index in [1.807, 2.05) is 33.3 Å². The molecule has 2 N–H and O–H groups in total. The highest BCUT2D eigenvalue weighted by atomic mass is 31.2. The number of rotatable bonds is 72. The highest BCUT2D eigenvalue weighted by Crippen LogP contribution is 2.43. The zero-order chi connectivity index (χ0) is 64.9. The number of quaternary nitrogens is 1. The van der Waals surface area contributed by atoms with Crippen molar-refractivity contribution < 1.29 is 37.3 Å². The Bertz CT molecular complexity index is 1660. The Morgan fingerprint density at radius 3 is 1.04 bits per heavy atom. The van der Waals surface area contributed by atoms with Crippen molar-refractivity contribution in [3.8, 4) is 0 Å². The molecule has 0 aromatic rings. The van der Waals surface area contributed by atoms with Gasteiger partial charge in [-0.3, -0.25) is 18.6 Å². The molecule has 0 bridgehead atoms. The first-order chi connectivity index (χ1) is 43.4. The van der Waals surface area contributed by atoms with Gasteiger partial charge >= 0.3 is 13.8 Å². The summed E-state index contributed by atoms with van der Waals surface area (Å²) < 4.78 is 30.9. The van der Waals surface area contributed by atoms with Gasteiger partial charge in [0.1, 0.15) is 19.3 Å². The van der Waals surface area contributed by atoms with Crippen molar-refractivity contribution >= 4 is 19.7 Å². The second-order valence-electron chi connectivity index (χ2n) is 27.9. The Hall–Kier alpha value is -2.03. The summed E-state index contributed by atoms with van der Waals surface area (Å²) in [7, 11) is 1.51. The Kier molecular flexibility index (Phi) is 67.2. The van der Waals surface area contributed by atoms with Crippen molar-refractivity contribution in [3.05, 3.63) is 48.6 Å². The summed E-state index contributed by atoms with van der Waals surface area (Å²) in [6.07, 6.45) is 88.6. The molecule has 3 unspecified atom stereocenters. The Morgan fingerprint density at radius 2 is 0.685 bits per heavy atom. The second-order valence-corrected chi connectivity index (χ2v) is 29.3. The quantitative estimate of drug-likeness (QED) is 0.0205. The van der Waals surface area contributed by atoms with Gasteiger partial charge in [-0.2, -0.15) is 0 Å². The fraction of sp³-hybridized carbons (Fsp3) is 0.873. The maximum Gasteiger partial charge on any atom is 0.472 e. The van der Waals surface area contributed by atoms with Gasteiger partial charge in [-0.1, -0.05) is 359 Å². The second kappa shape index (κ2) is 68.8. The minimum absolute atomic E-state index is 0.0418. The van der Waals surface area contributed by atoms with Gasteiger partial charge in [-0.05, 0) is 70.3 Å². The molecule has 0 saturated heterocycles. The van der Waals surface area contributed by atoms with E-state index in [4.69, 9.17) is 13.8 Å². The molecule has 0 aliphatic heterocycles. The average Bonchev–Trinajstić information content (AvgIpc) is 3.62. The van der Waals surface area contributed by atoms with E-state index < -0.39 is 20.0 Å². The maximum absolute atomic E-state index is 13.6. The number of phosphoric acid groups is 1. The number of allylic oxidation sites excluding steroid dienone is 7. The van der Waals surface area contributed by atoms with Gasteiger partial charge in [0, 0.05) is 12.8 Å². The number of ether oxygens (including phenoxy) is 1. The van der Waals surface area contributed by atoms with Gasteiger partial charge in [0.2, 0.25) is 5.91 Å². The monoisotopic (exact) mass is 1270 g/mol. The van der Waals surface area contributed by atoms with Crippen molar-refractivity contribution in [2.45, 2.75) is 405 Å². The largest absolute Gasteiger partial charge is 0.472 e. The molecule has 10 heteroatoms. The third-order valence-corrected chi connectivity index (χ3v) is 18.8. The van der Waals surface area contributed by atoms with E-state index >= 15 is 0 Å². The normalized spacial score (nSPS) is 13.7. The summed E-state index contributed by atoms with van der Waals surface area (Å²) in [4.78, 5) is 38.0. The van der Waals surface area contributed by atoms with Crippen LogP contribution in [0.1, 0.15) is 393 Å². The van der Waals surface area contributed by atoms with Crippen LogP contribution in [0.4, 0.5) is 0 Å². The number of nitrogens with zero attached hydrogens (tertiary/aromatic N) is 1. The zero-order valence-electron chi connectivity index (χ0n) is 60.2. The smallest absolute Gasteiger partial charge is 0.456 e. The van der Waals surface area contributed by atoms with Crippen molar-refractivity contribution in [1.29, 1.82) is 0 Å². The SMILES string of the molecule is CCCCC/C=C\C/C=C\C/C=C\CCCCCCCCCCCCCCC(=O)NC(COP(=O)(O)OCC[N+](C)(C)C)C(/C=C/CCCCCCCCCCC)OC(=O)CCCCCCCCCCCCCCCCCCCCCCCCCCCCC. The number of unbranched alkanes of at least 4 members (excludes halogenated alkanes) is 50. The van der Waals surface area contributed by atoms with Crippen LogP contribution in [0.25, 0.3) is 0 Å². The summed E-state index contributed by atoms with van der Waals surface area (Å²) >= 11 is 0. The Morgan fingerprint density at radius 1 is 0.393 bits per heavy atom. The molecular weight excluding hydrogens is 1120 g/mol. The Balaban J connectivity index is 4.88. The number of nitrogens with one attached hydrogen (secondary N) is 1. The van der Waals surface area contributed by atoms with E-state index in [1.54, 1.807) is 0 Å². The number of hydrogen-bond donors (Lipinski definition) is 2. The number of amides is 1. The Labute approximate surface area is 554 Å². The van der Waals surface area contributed by atoms with Crippen LogP contribution in [0, 0.1) is 0 Å². The highest BCUT2D eigenvalue weighted by molar-refractivity contribution is 7.47. The number of phosphoric ester groups is 1. The number of hydrogen-bond acceptors (Lipinski definition) is 6. The summed E-state index contributed by atoms with van der Waals surface area (Å²) in [5, 5.41) is 3.08. The minimum Gasteiger partial charge on any atom is -0.456 e. The summed E-state index contributed by atoms with van der Waals surface area (Å²) in [5.74, 6) is -0.487. The predicted molar refractivity (Wildman–Crippen MR) is 388 cm³/mol. The topological polar surface area (TPSA) is 111 Å². The first kappa shape index (κ1) is 87.0. The van der Waals surface area contributed by atoms with Gasteiger partial charge in [0.15, 0.2) is 0 Å². The molecule has 0 aliphatic rings. The molecule has 0 heterocycles. The van der Waals surface area contributed by atoms with Crippen LogP contribution in [0.5, 0.6) is 0 Å². The van der Waals surface area contributed by atoms with Gasteiger partial charge in [0.05, 0.1) is 33.8 Å². The third-order valence-electron chi connectivity index (χ3n) is 17.8. The van der Waals surface area contributed by atoms with Crippen molar-refractivity contribution in [2.24, 2.45) is 0 Å². The molecule has 89 heavy (non-hydrogen) atoms. The first-order valence-electron chi connectivity index (χ1n) is 39.0. The molecule has 0 spiro atoms. The van der Waals surface area contributed by atoms with Gasteiger partial charge in [-0.15, -0.1) is 0 Å². The van der Waals surface area contributed by atoms with E-state index in [1.165, 1.54) is 289 Å². The van der Waals surface area contributed by atoms with Crippen LogP contribution in [0.3, 0.4) is 0 Å². The van der Waals surface area contributed by atoms with Crippen LogP contribution in [-0.2, 0) is 27.9 Å². The molecule has 0 fully saturated rings. The molecule has 9 nitrogen and oxygen atoms in total. The van der Waals surface area contributed by atoms with E-state index in [-0.39, 0.29) is 25.1 Å². The van der Waals surface area contributed by atoms with Crippen LogP contribution in [-0.4, -0.2) is 74.3 Å². The maximum atomic E-state index is 13.6. The summed E-state index contributed by atoms with van der Waals surface area (Å²) in [5.41, 5.74) is 0. The van der Waals surface area contributed by atoms with E-state index in [0.717, 1.165) is 70.6 Å². The number of carbonyl (C=O) groups is 2. The van der Waals surface area contributed by atoms with Gasteiger partial charge in [0.25, 0.3) is 0 Å². The van der Waals surface area contributed by atoms with Crippen molar-refractivity contribution in [1.82, 2.24) is 5.32 Å². The molecule has 0 aliphatic carbocycles. The molecule has 1 amide bonds. The number of esters is 1. The van der Waals surface area contributed by atoms with Crippen molar-refractivity contribution in [3.63, 3.8) is 0 Å². The van der Waals surface area contributed by atoms with Crippen LogP contribution in [0.2, 0.25) is 0 Å². The van der Waals surface area contributed by atoms with Crippen molar-refractivity contribution in [2.75, 3.05) is 40.9 Å². The zero-order valence-corrected chi connectivity index (χ0v) is 61.1. The standard InChI is InChI=1S/C79H151N2O7P/c1-7-10-13-16-19-22-25-27-29-31-33-35-37-39-40-42-44-46-48-50-52-54-57-60-63-66-69-72-79(83)88-77(70-67-64-61-58-55-24-21-18-15-12-9-3)76(75-87-89(84,85)86-74-73-81(4,5)6)80-78(82)71-68-65-62-59-56-53-51-49-47-45-43-41-38-36-34-32-30-28-26-23-20-17-14-11-8-2/h20,23,28,30,34,36,67,70,76-77H,7-19,21-22,24-27,29,31-33,35,37-66,68-69,71-75H2,1-6H3,(H-,80,82,84,85)/p+1/b23-20-,30-28-,36-34-,70-67+. The fourth-order valence-corrected chi connectivity index (χ4v) is 12.5. The van der Waals surface area contributed by atoms with Gasteiger partial charge in [-0.25, -0.2) is 4.57 Å². The lowest BCUT2D eigenvalue weighted by molar-refractivity contribution is -0.870. The molecule has 0 saturated carbocycles. The van der Waals surface area contributed by atoms with E-state index in [0.29, 0.717) is 23.9 Å². The molecule has 524 valence electrons. The average molecular weight is 1270 g/mol. The van der Waals surface area contributed by atoms with Crippen LogP contribution < -0.4 is 5.32 Å². The predicted octanol–water partition coefficient (Wildman–Crippen LogP) is 25.1. The first-order valence-corrected chi connectivity index (χ1v) is 40.5. The fourth-order valence-electron chi connectivity index (χ4n) is 11.8. The third kappa shape index (κ3) is 70.1. The number of carbonyl (C=O) groups excluding carboxylic acids is 2. The molecule has 3 atom stereocenters. The van der Waals surface area contributed by atoms with E-state index in [2.05, 4.69) is 62.5 Å². The van der Waals surface area contributed by atoms with Crippen LogP contribution in [0.15, 0.2) is 48.6 Å². The van der Waals surface area contributed by atoms with Gasteiger partial charge < -0.3 is 19.4 Å². The molecule has 0 aromatic heterocycles. The lowest BCUT2D eigenvalue weighted by Crippen LogP contribution is -2.47.